The van der Waals surface area contributed by atoms with Gasteiger partial charge < -0.3 is 5.32 Å². The first-order valence-electron chi connectivity index (χ1n) is 5.59. The predicted molar refractivity (Wildman–Crippen MR) is 68.0 cm³/mol. The van der Waals surface area contributed by atoms with Crippen LogP contribution in [-0.2, 0) is 16.6 Å². The summed E-state index contributed by atoms with van der Waals surface area (Å²) in [6.07, 6.45) is 3.29. The molecule has 0 saturated heterocycles. The van der Waals surface area contributed by atoms with E-state index in [1.165, 1.54) is 0 Å². The van der Waals surface area contributed by atoms with Crippen molar-refractivity contribution in [3.05, 3.63) is 30.1 Å². The van der Waals surface area contributed by atoms with Gasteiger partial charge in [-0.3, -0.25) is 4.98 Å². The van der Waals surface area contributed by atoms with Crippen LogP contribution in [0, 0.1) is 0 Å². The Labute approximate surface area is 103 Å². The fraction of sp³-hybridized carbons (Fsp3) is 0.545. The molecule has 0 aliphatic heterocycles. The van der Waals surface area contributed by atoms with E-state index in [1.54, 1.807) is 24.5 Å². The summed E-state index contributed by atoms with van der Waals surface area (Å²) in [5.41, 5.74) is 0.903. The highest BCUT2D eigenvalue weighted by molar-refractivity contribution is 7.89. The molecule has 0 fully saturated rings. The second kappa shape index (κ2) is 6.68. The first-order valence-corrected chi connectivity index (χ1v) is 7.24. The van der Waals surface area contributed by atoms with E-state index in [-0.39, 0.29) is 5.75 Å². The number of nitrogens with zero attached hydrogens (tertiary/aromatic N) is 1. The largest absolute Gasteiger partial charge is 0.313 e. The molecule has 1 rings (SSSR count). The fourth-order valence-electron chi connectivity index (χ4n) is 1.25. The summed E-state index contributed by atoms with van der Waals surface area (Å²) in [6, 6.07) is 3.87. The van der Waals surface area contributed by atoms with E-state index < -0.39 is 10.0 Å². The summed E-state index contributed by atoms with van der Waals surface area (Å²) < 4.78 is 25.8. The Morgan fingerprint density at radius 1 is 1.29 bits per heavy atom. The summed E-state index contributed by atoms with van der Waals surface area (Å²) >= 11 is 0. The second-order valence-electron chi connectivity index (χ2n) is 4.10. The number of aromatic nitrogens is 1. The third-order valence-electron chi connectivity index (χ3n) is 2.17. The maximum atomic E-state index is 11.6. The number of hydrogen-bond donors (Lipinski definition) is 2. The highest BCUT2D eigenvalue weighted by atomic mass is 32.2. The Morgan fingerprint density at radius 2 is 1.94 bits per heavy atom. The molecule has 1 heterocycles. The van der Waals surface area contributed by atoms with Crippen molar-refractivity contribution in [3.8, 4) is 0 Å². The topological polar surface area (TPSA) is 71.1 Å². The Morgan fingerprint density at radius 3 is 2.53 bits per heavy atom. The molecular weight excluding hydrogens is 238 g/mol. The van der Waals surface area contributed by atoms with Crippen LogP contribution in [0.5, 0.6) is 0 Å². The molecule has 5 nitrogen and oxygen atoms in total. The molecule has 1 aromatic rings. The van der Waals surface area contributed by atoms with E-state index in [1.807, 2.05) is 13.8 Å². The first-order chi connectivity index (χ1) is 7.99. The molecule has 0 atom stereocenters. The van der Waals surface area contributed by atoms with Crippen LogP contribution in [0.1, 0.15) is 19.4 Å². The standard InChI is InChI=1S/C11H19N3O2S/c1-10(2)13-7-8-17(15,16)14-9-11-3-5-12-6-4-11/h3-6,10,13-14H,7-9H2,1-2H3. The first kappa shape index (κ1) is 14.1. The molecule has 6 heteroatoms. The third-order valence-corrected chi connectivity index (χ3v) is 3.49. The summed E-state index contributed by atoms with van der Waals surface area (Å²) in [6.45, 7) is 4.74. The lowest BCUT2D eigenvalue weighted by Crippen LogP contribution is -2.34. The molecule has 0 spiro atoms. The van der Waals surface area contributed by atoms with Gasteiger partial charge in [0.25, 0.3) is 0 Å². The van der Waals surface area contributed by atoms with Crippen LogP contribution in [0.25, 0.3) is 0 Å². The third kappa shape index (κ3) is 6.35. The van der Waals surface area contributed by atoms with Gasteiger partial charge in [-0.25, -0.2) is 13.1 Å². The molecule has 96 valence electrons. The summed E-state index contributed by atoms with van der Waals surface area (Å²) in [5.74, 6) is 0.0935. The van der Waals surface area contributed by atoms with Gasteiger partial charge in [0.1, 0.15) is 0 Å². The SMILES string of the molecule is CC(C)NCCS(=O)(=O)NCc1ccncc1. The zero-order chi connectivity index (χ0) is 12.7. The van der Waals surface area contributed by atoms with Gasteiger partial charge in [-0.15, -0.1) is 0 Å². The Hall–Kier alpha value is -0.980. The minimum absolute atomic E-state index is 0.0935. The number of rotatable bonds is 7. The van der Waals surface area contributed by atoms with Crippen LogP contribution in [0.4, 0.5) is 0 Å². The minimum atomic E-state index is -3.21. The van der Waals surface area contributed by atoms with Crippen molar-refractivity contribution in [2.75, 3.05) is 12.3 Å². The summed E-state index contributed by atoms with van der Waals surface area (Å²) in [5, 5.41) is 3.07. The van der Waals surface area contributed by atoms with Crippen molar-refractivity contribution < 1.29 is 8.42 Å². The van der Waals surface area contributed by atoms with Crippen LogP contribution in [0.2, 0.25) is 0 Å². The second-order valence-corrected chi connectivity index (χ2v) is 6.03. The molecule has 0 bridgehead atoms. The molecule has 0 unspecified atom stereocenters. The van der Waals surface area contributed by atoms with E-state index in [2.05, 4.69) is 15.0 Å². The van der Waals surface area contributed by atoms with Crippen molar-refractivity contribution in [2.45, 2.75) is 26.4 Å². The lowest BCUT2D eigenvalue weighted by atomic mass is 10.3. The Balaban J connectivity index is 2.35. The average molecular weight is 257 g/mol. The lowest BCUT2D eigenvalue weighted by Gasteiger charge is -2.09. The Bertz CT molecular complexity index is 418. The number of hydrogen-bond acceptors (Lipinski definition) is 4. The molecule has 0 aliphatic carbocycles. The molecular formula is C11H19N3O2S. The molecule has 1 aromatic heterocycles. The zero-order valence-corrected chi connectivity index (χ0v) is 11.0. The molecule has 0 aliphatic rings. The van der Waals surface area contributed by atoms with E-state index in [0.29, 0.717) is 19.1 Å². The van der Waals surface area contributed by atoms with Gasteiger partial charge in [0.15, 0.2) is 0 Å². The number of pyridine rings is 1. The van der Waals surface area contributed by atoms with E-state index in [9.17, 15) is 8.42 Å². The van der Waals surface area contributed by atoms with Gasteiger partial charge >= 0.3 is 0 Å². The predicted octanol–water partition coefficient (Wildman–Crippen LogP) is 0.499. The number of sulfonamides is 1. The lowest BCUT2D eigenvalue weighted by molar-refractivity contribution is 0.566. The van der Waals surface area contributed by atoms with Crippen molar-refractivity contribution in [1.29, 1.82) is 0 Å². The van der Waals surface area contributed by atoms with E-state index >= 15 is 0 Å². The number of nitrogens with one attached hydrogen (secondary N) is 2. The zero-order valence-electron chi connectivity index (χ0n) is 10.2. The molecule has 17 heavy (non-hydrogen) atoms. The smallest absolute Gasteiger partial charge is 0.213 e. The monoisotopic (exact) mass is 257 g/mol. The van der Waals surface area contributed by atoms with Crippen LogP contribution >= 0.6 is 0 Å². The highest BCUT2D eigenvalue weighted by Gasteiger charge is 2.09. The van der Waals surface area contributed by atoms with Crippen molar-refractivity contribution in [3.63, 3.8) is 0 Å². The maximum absolute atomic E-state index is 11.6. The molecule has 0 radical (unpaired) electrons. The average Bonchev–Trinajstić information content (AvgIpc) is 2.27. The summed E-state index contributed by atoms with van der Waals surface area (Å²) in [4.78, 5) is 3.87. The van der Waals surface area contributed by atoms with E-state index in [0.717, 1.165) is 5.56 Å². The molecule has 0 saturated carbocycles. The van der Waals surface area contributed by atoms with Gasteiger partial charge in [0.2, 0.25) is 10.0 Å². The van der Waals surface area contributed by atoms with Crippen molar-refractivity contribution >= 4 is 10.0 Å². The van der Waals surface area contributed by atoms with Gasteiger partial charge in [0.05, 0.1) is 5.75 Å². The summed E-state index contributed by atoms with van der Waals surface area (Å²) in [7, 11) is -3.21. The quantitative estimate of drug-likeness (QED) is 0.746. The fourth-order valence-corrected chi connectivity index (χ4v) is 2.17. The Kier molecular flexibility index (Phi) is 5.54. The van der Waals surface area contributed by atoms with Crippen LogP contribution in [0.15, 0.2) is 24.5 Å². The van der Waals surface area contributed by atoms with Crippen molar-refractivity contribution in [2.24, 2.45) is 0 Å². The highest BCUT2D eigenvalue weighted by Crippen LogP contribution is 1.96. The molecule has 2 N–H and O–H groups in total. The van der Waals surface area contributed by atoms with Crippen molar-refractivity contribution in [1.82, 2.24) is 15.0 Å². The van der Waals surface area contributed by atoms with Crippen LogP contribution in [0.3, 0.4) is 0 Å². The maximum Gasteiger partial charge on any atom is 0.213 e. The van der Waals surface area contributed by atoms with Gasteiger partial charge in [-0.05, 0) is 17.7 Å². The normalized spacial score (nSPS) is 11.9. The van der Waals surface area contributed by atoms with Gasteiger partial charge in [-0.2, -0.15) is 0 Å². The van der Waals surface area contributed by atoms with Crippen LogP contribution < -0.4 is 10.0 Å². The molecule has 0 amide bonds. The van der Waals surface area contributed by atoms with E-state index in [4.69, 9.17) is 0 Å². The van der Waals surface area contributed by atoms with Crippen LogP contribution in [-0.4, -0.2) is 31.7 Å². The molecule has 0 aromatic carbocycles. The minimum Gasteiger partial charge on any atom is -0.313 e. The van der Waals surface area contributed by atoms with Gasteiger partial charge in [-0.1, -0.05) is 13.8 Å². The van der Waals surface area contributed by atoms with Gasteiger partial charge in [0, 0.05) is 31.5 Å².